The summed E-state index contributed by atoms with van der Waals surface area (Å²) in [5, 5.41) is 28.0. The maximum Gasteiger partial charge on any atom is 0.417 e. The Labute approximate surface area is 112 Å². The summed E-state index contributed by atoms with van der Waals surface area (Å²) in [5.74, 6) is -0.689. The van der Waals surface area contributed by atoms with Gasteiger partial charge in [0, 0.05) is 0 Å². The molecule has 0 aliphatic carbocycles. The van der Waals surface area contributed by atoms with Crippen LogP contribution in [0.4, 0.5) is 13.2 Å². The van der Waals surface area contributed by atoms with Gasteiger partial charge in [-0.2, -0.15) is 18.4 Å². The van der Waals surface area contributed by atoms with Gasteiger partial charge in [0.2, 0.25) is 0 Å². The standard InChI is InChI=1S/C14H8F3NO2/c15-14(16,17)10-6-8(4-5-9(10)7-18)13-11(19)2-1-3-12(13)20/h1-6,19-20H. The van der Waals surface area contributed by atoms with Crippen molar-refractivity contribution in [2.45, 2.75) is 6.18 Å². The average molecular weight is 279 g/mol. The van der Waals surface area contributed by atoms with Gasteiger partial charge in [-0.3, -0.25) is 0 Å². The molecular weight excluding hydrogens is 271 g/mol. The van der Waals surface area contributed by atoms with Crippen LogP contribution in [0.1, 0.15) is 11.1 Å². The lowest BCUT2D eigenvalue weighted by Gasteiger charge is -2.12. The third-order valence-corrected chi connectivity index (χ3v) is 2.75. The van der Waals surface area contributed by atoms with Gasteiger partial charge in [-0.05, 0) is 29.8 Å². The van der Waals surface area contributed by atoms with E-state index in [4.69, 9.17) is 5.26 Å². The minimum absolute atomic E-state index is 0.0214. The van der Waals surface area contributed by atoms with Crippen LogP contribution in [0.2, 0.25) is 0 Å². The summed E-state index contributed by atoms with van der Waals surface area (Å²) in [6.07, 6.45) is -4.69. The average Bonchev–Trinajstić information content (AvgIpc) is 2.37. The topological polar surface area (TPSA) is 64.2 Å². The molecule has 0 aliphatic rings. The number of phenolic OH excluding ortho intramolecular Hbond substituents is 2. The molecule has 0 saturated carbocycles. The SMILES string of the molecule is N#Cc1ccc(-c2c(O)cccc2O)cc1C(F)(F)F. The molecule has 102 valence electrons. The Balaban J connectivity index is 2.70. The van der Waals surface area contributed by atoms with Crippen LogP contribution in [0, 0.1) is 11.3 Å². The van der Waals surface area contributed by atoms with E-state index in [1.54, 1.807) is 0 Å². The van der Waals surface area contributed by atoms with Crippen molar-refractivity contribution in [3.8, 4) is 28.7 Å². The zero-order chi connectivity index (χ0) is 14.9. The smallest absolute Gasteiger partial charge is 0.417 e. The first-order chi connectivity index (χ1) is 9.34. The number of phenols is 2. The Morgan fingerprint density at radius 1 is 1.00 bits per heavy atom. The van der Waals surface area contributed by atoms with Crippen LogP contribution in [0.5, 0.6) is 11.5 Å². The number of aromatic hydroxyl groups is 2. The summed E-state index contributed by atoms with van der Waals surface area (Å²) < 4.78 is 38.6. The van der Waals surface area contributed by atoms with Crippen LogP contribution >= 0.6 is 0 Å². The first-order valence-corrected chi connectivity index (χ1v) is 5.47. The van der Waals surface area contributed by atoms with Crippen molar-refractivity contribution >= 4 is 0 Å². The Morgan fingerprint density at radius 2 is 1.60 bits per heavy atom. The second-order valence-electron chi connectivity index (χ2n) is 4.04. The lowest BCUT2D eigenvalue weighted by Crippen LogP contribution is -2.08. The van der Waals surface area contributed by atoms with Gasteiger partial charge in [0.1, 0.15) is 11.5 Å². The Bertz CT molecular complexity index is 682. The van der Waals surface area contributed by atoms with Gasteiger partial charge in [0.15, 0.2) is 0 Å². The highest BCUT2D eigenvalue weighted by Gasteiger charge is 2.34. The van der Waals surface area contributed by atoms with Crippen molar-refractivity contribution < 1.29 is 23.4 Å². The van der Waals surface area contributed by atoms with E-state index in [0.29, 0.717) is 0 Å². The van der Waals surface area contributed by atoms with Crippen molar-refractivity contribution in [2.24, 2.45) is 0 Å². The molecule has 2 aromatic carbocycles. The summed E-state index contributed by atoms with van der Waals surface area (Å²) in [4.78, 5) is 0. The number of benzene rings is 2. The van der Waals surface area contributed by atoms with Gasteiger partial charge < -0.3 is 10.2 Å². The maximum absolute atomic E-state index is 12.9. The van der Waals surface area contributed by atoms with Crippen molar-refractivity contribution in [2.75, 3.05) is 0 Å². The molecule has 0 amide bonds. The molecule has 0 saturated heterocycles. The van der Waals surface area contributed by atoms with Crippen LogP contribution in [0.15, 0.2) is 36.4 Å². The van der Waals surface area contributed by atoms with Gasteiger partial charge in [-0.25, -0.2) is 0 Å². The maximum atomic E-state index is 12.9. The molecule has 0 unspecified atom stereocenters. The highest BCUT2D eigenvalue weighted by atomic mass is 19.4. The fourth-order valence-electron chi connectivity index (χ4n) is 1.86. The number of alkyl halides is 3. The fraction of sp³-hybridized carbons (Fsp3) is 0.0714. The van der Waals surface area contributed by atoms with Gasteiger partial charge >= 0.3 is 6.18 Å². The molecule has 0 aliphatic heterocycles. The minimum atomic E-state index is -4.69. The largest absolute Gasteiger partial charge is 0.507 e. The molecule has 6 heteroatoms. The lowest BCUT2D eigenvalue weighted by molar-refractivity contribution is -0.137. The predicted octanol–water partition coefficient (Wildman–Crippen LogP) is 3.66. The van der Waals surface area contributed by atoms with Crippen LogP contribution in [0.3, 0.4) is 0 Å². The van der Waals surface area contributed by atoms with E-state index >= 15 is 0 Å². The van der Waals surface area contributed by atoms with Crippen LogP contribution in [-0.2, 0) is 6.18 Å². The van der Waals surface area contributed by atoms with Gasteiger partial charge in [0.05, 0.1) is 22.8 Å². The first kappa shape index (κ1) is 13.7. The summed E-state index contributed by atoms with van der Waals surface area (Å²) in [6.45, 7) is 0. The van der Waals surface area contributed by atoms with Gasteiger partial charge in [0.25, 0.3) is 0 Å². The van der Waals surface area contributed by atoms with Gasteiger partial charge in [-0.15, -0.1) is 0 Å². The van der Waals surface area contributed by atoms with E-state index in [9.17, 15) is 23.4 Å². The molecule has 0 heterocycles. The summed E-state index contributed by atoms with van der Waals surface area (Å²) >= 11 is 0. The Kier molecular flexibility index (Phi) is 3.28. The van der Waals surface area contributed by atoms with Crippen molar-refractivity contribution in [1.82, 2.24) is 0 Å². The third-order valence-electron chi connectivity index (χ3n) is 2.75. The molecule has 3 nitrogen and oxygen atoms in total. The highest BCUT2D eigenvalue weighted by molar-refractivity contribution is 5.77. The van der Waals surface area contributed by atoms with E-state index in [1.165, 1.54) is 30.3 Å². The zero-order valence-electron chi connectivity index (χ0n) is 9.94. The molecule has 0 bridgehead atoms. The Morgan fingerprint density at radius 3 is 2.10 bits per heavy atom. The van der Waals surface area contributed by atoms with Crippen molar-refractivity contribution in [3.05, 3.63) is 47.5 Å². The molecule has 20 heavy (non-hydrogen) atoms. The van der Waals surface area contributed by atoms with E-state index in [2.05, 4.69) is 0 Å². The fourth-order valence-corrected chi connectivity index (χ4v) is 1.86. The normalized spacial score (nSPS) is 11.1. The zero-order valence-corrected chi connectivity index (χ0v) is 9.94. The van der Waals surface area contributed by atoms with Crippen LogP contribution < -0.4 is 0 Å². The summed E-state index contributed by atoms with van der Waals surface area (Å²) in [6, 6.07) is 8.30. The number of nitriles is 1. The third kappa shape index (κ3) is 2.38. The van der Waals surface area contributed by atoms with E-state index < -0.39 is 17.3 Å². The summed E-state index contributed by atoms with van der Waals surface area (Å²) in [5.41, 5.74) is -1.76. The quantitative estimate of drug-likeness (QED) is 0.837. The van der Waals surface area contributed by atoms with Gasteiger partial charge in [-0.1, -0.05) is 12.1 Å². The molecule has 0 aromatic heterocycles. The molecule has 2 N–H and O–H groups in total. The molecular formula is C14H8F3NO2. The van der Waals surface area contributed by atoms with Crippen LogP contribution in [0.25, 0.3) is 11.1 Å². The number of hydrogen-bond acceptors (Lipinski definition) is 3. The second-order valence-corrected chi connectivity index (χ2v) is 4.04. The number of hydrogen-bond donors (Lipinski definition) is 2. The van der Waals surface area contributed by atoms with Crippen molar-refractivity contribution in [1.29, 1.82) is 5.26 Å². The molecule has 0 spiro atoms. The molecule has 2 rings (SSSR count). The number of halogens is 3. The Hall–Kier alpha value is -2.68. The highest BCUT2D eigenvalue weighted by Crippen LogP contribution is 2.40. The minimum Gasteiger partial charge on any atom is -0.507 e. The first-order valence-electron chi connectivity index (χ1n) is 5.47. The second kappa shape index (κ2) is 4.78. The van der Waals surface area contributed by atoms with E-state index in [0.717, 1.165) is 12.1 Å². The molecule has 0 fully saturated rings. The molecule has 0 radical (unpaired) electrons. The molecule has 2 aromatic rings. The monoisotopic (exact) mass is 279 g/mol. The van der Waals surface area contributed by atoms with E-state index in [1.807, 2.05) is 0 Å². The lowest BCUT2D eigenvalue weighted by atomic mass is 9.98. The van der Waals surface area contributed by atoms with Crippen LogP contribution in [-0.4, -0.2) is 10.2 Å². The summed E-state index contributed by atoms with van der Waals surface area (Å²) in [7, 11) is 0. The van der Waals surface area contributed by atoms with Crippen molar-refractivity contribution in [3.63, 3.8) is 0 Å². The number of nitrogens with zero attached hydrogens (tertiary/aromatic N) is 1. The number of rotatable bonds is 1. The van der Waals surface area contributed by atoms with E-state index in [-0.39, 0.29) is 22.6 Å². The molecule has 0 atom stereocenters. The predicted molar refractivity (Wildman–Crippen MR) is 64.9 cm³/mol.